The maximum atomic E-state index is 12.2. The lowest BCUT2D eigenvalue weighted by Crippen LogP contribution is -2.37. The Morgan fingerprint density at radius 1 is 1.14 bits per heavy atom. The van der Waals surface area contributed by atoms with Crippen molar-refractivity contribution in [3.8, 4) is 0 Å². The smallest absolute Gasteiger partial charge is 0.323 e. The molecule has 0 N–H and O–H groups in total. The highest BCUT2D eigenvalue weighted by Gasteiger charge is 2.39. The second kappa shape index (κ2) is 7.92. The summed E-state index contributed by atoms with van der Waals surface area (Å²) in [6, 6.07) is -0.420. The van der Waals surface area contributed by atoms with Crippen LogP contribution in [0.5, 0.6) is 0 Å². The van der Waals surface area contributed by atoms with Crippen LogP contribution in [-0.2, 0) is 19.1 Å². The molecule has 0 aromatic carbocycles. The molecule has 0 bridgehead atoms. The first-order valence-corrected chi connectivity index (χ1v) is 8.30. The van der Waals surface area contributed by atoms with Crippen molar-refractivity contribution in [3.05, 3.63) is 0 Å². The third-order valence-electron chi connectivity index (χ3n) is 4.60. The molecule has 2 aliphatic rings. The minimum absolute atomic E-state index is 0.124. The van der Waals surface area contributed by atoms with Gasteiger partial charge >= 0.3 is 11.9 Å². The van der Waals surface area contributed by atoms with Gasteiger partial charge in [-0.25, -0.2) is 0 Å². The second-order valence-electron chi connectivity index (χ2n) is 6.41. The monoisotopic (exact) mass is 312 g/mol. The van der Waals surface area contributed by atoms with Gasteiger partial charge in [-0.3, -0.25) is 19.4 Å². The first-order valence-electron chi connectivity index (χ1n) is 8.30. The van der Waals surface area contributed by atoms with E-state index >= 15 is 0 Å². The van der Waals surface area contributed by atoms with E-state index in [1.54, 1.807) is 0 Å². The van der Waals surface area contributed by atoms with Gasteiger partial charge in [0.05, 0.1) is 6.61 Å². The fourth-order valence-corrected chi connectivity index (χ4v) is 3.18. The Morgan fingerprint density at radius 3 is 2.55 bits per heavy atom. The van der Waals surface area contributed by atoms with Gasteiger partial charge in [0.2, 0.25) is 0 Å². The first kappa shape index (κ1) is 17.2. The predicted molar refractivity (Wildman–Crippen MR) is 82.4 cm³/mol. The van der Waals surface area contributed by atoms with Crippen LogP contribution in [0.1, 0.15) is 39.0 Å². The van der Waals surface area contributed by atoms with Crippen LogP contribution in [0.2, 0.25) is 0 Å². The van der Waals surface area contributed by atoms with Crippen LogP contribution < -0.4 is 0 Å². The number of nitrogens with zero attached hydrogens (tertiary/aromatic N) is 2. The minimum Gasteiger partial charge on any atom is -0.465 e. The number of carbonyl (C=O) groups is 2. The Hall–Kier alpha value is -1.14. The van der Waals surface area contributed by atoms with Crippen molar-refractivity contribution in [1.29, 1.82) is 0 Å². The van der Waals surface area contributed by atoms with Crippen LogP contribution in [0, 0.1) is 0 Å². The Morgan fingerprint density at radius 2 is 1.91 bits per heavy atom. The van der Waals surface area contributed by atoms with Gasteiger partial charge in [0, 0.05) is 13.0 Å². The number of likely N-dealkylation sites (N-methyl/N-ethyl adjacent to an activating group) is 2. The van der Waals surface area contributed by atoms with Crippen molar-refractivity contribution in [2.75, 3.05) is 33.8 Å². The Kier molecular flexibility index (Phi) is 6.20. The normalized spacial score (nSPS) is 29.7. The van der Waals surface area contributed by atoms with Gasteiger partial charge in [-0.15, -0.1) is 0 Å². The summed E-state index contributed by atoms with van der Waals surface area (Å²) in [5.41, 5.74) is 0. The number of hydrogen-bond donors (Lipinski definition) is 0. The second-order valence-corrected chi connectivity index (χ2v) is 6.41. The van der Waals surface area contributed by atoms with Crippen LogP contribution in [0.3, 0.4) is 0 Å². The fraction of sp³-hybridized carbons (Fsp3) is 0.875. The van der Waals surface area contributed by atoms with Gasteiger partial charge in [0.1, 0.15) is 18.2 Å². The van der Waals surface area contributed by atoms with Gasteiger partial charge in [0.15, 0.2) is 0 Å². The van der Waals surface area contributed by atoms with E-state index in [0.29, 0.717) is 19.6 Å². The van der Waals surface area contributed by atoms with E-state index in [4.69, 9.17) is 9.47 Å². The molecule has 2 rings (SSSR count). The summed E-state index contributed by atoms with van der Waals surface area (Å²) >= 11 is 0. The molecule has 3 atom stereocenters. The highest BCUT2D eigenvalue weighted by molar-refractivity contribution is 5.78. The van der Waals surface area contributed by atoms with E-state index < -0.39 is 0 Å². The average molecular weight is 312 g/mol. The molecular weight excluding hydrogens is 284 g/mol. The first-order chi connectivity index (χ1) is 10.5. The van der Waals surface area contributed by atoms with Crippen LogP contribution in [0.15, 0.2) is 0 Å². The summed E-state index contributed by atoms with van der Waals surface area (Å²) in [7, 11) is 3.83. The van der Waals surface area contributed by atoms with E-state index in [-0.39, 0.29) is 30.1 Å². The summed E-state index contributed by atoms with van der Waals surface area (Å²) in [5, 5.41) is 0. The molecular formula is C16H28N2O4. The van der Waals surface area contributed by atoms with E-state index in [0.717, 1.165) is 32.2 Å². The quantitative estimate of drug-likeness (QED) is 0.539. The van der Waals surface area contributed by atoms with Crippen LogP contribution >= 0.6 is 0 Å². The number of esters is 2. The molecule has 0 aliphatic carbocycles. The van der Waals surface area contributed by atoms with Crippen molar-refractivity contribution in [3.63, 3.8) is 0 Å². The molecule has 0 saturated carbocycles. The largest absolute Gasteiger partial charge is 0.465 e. The summed E-state index contributed by atoms with van der Waals surface area (Å²) in [6.07, 6.45) is 4.10. The molecule has 0 radical (unpaired) electrons. The Balaban J connectivity index is 1.80. The van der Waals surface area contributed by atoms with Crippen molar-refractivity contribution in [2.24, 2.45) is 0 Å². The number of likely N-dealkylation sites (tertiary alicyclic amines) is 2. The predicted octanol–water partition coefficient (Wildman–Crippen LogP) is 1.04. The SMILES string of the molecule is CCCCOC(=O)C1CC(OC(=O)C2CCCN2C)CN1C. The Labute approximate surface area is 132 Å². The fourth-order valence-electron chi connectivity index (χ4n) is 3.18. The van der Waals surface area contributed by atoms with E-state index in [9.17, 15) is 9.59 Å². The minimum atomic E-state index is -0.295. The molecule has 0 amide bonds. The van der Waals surface area contributed by atoms with E-state index in [2.05, 4.69) is 6.92 Å². The van der Waals surface area contributed by atoms with E-state index in [1.165, 1.54) is 0 Å². The van der Waals surface area contributed by atoms with Crippen molar-refractivity contribution < 1.29 is 19.1 Å². The lowest BCUT2D eigenvalue weighted by molar-refractivity contribution is -0.154. The zero-order valence-electron chi connectivity index (χ0n) is 13.9. The van der Waals surface area contributed by atoms with Crippen LogP contribution in [0.25, 0.3) is 0 Å². The lowest BCUT2D eigenvalue weighted by atomic mass is 10.2. The van der Waals surface area contributed by atoms with Crippen LogP contribution in [0.4, 0.5) is 0 Å². The molecule has 6 heteroatoms. The summed E-state index contributed by atoms with van der Waals surface area (Å²) in [5.74, 6) is -0.356. The molecule has 3 unspecified atom stereocenters. The van der Waals surface area contributed by atoms with Gasteiger partial charge in [-0.05, 0) is 39.9 Å². The van der Waals surface area contributed by atoms with Crippen LogP contribution in [-0.4, -0.2) is 73.7 Å². The molecule has 0 aromatic rings. The van der Waals surface area contributed by atoms with Crippen molar-refractivity contribution in [2.45, 2.75) is 57.2 Å². The van der Waals surface area contributed by atoms with Crippen molar-refractivity contribution in [1.82, 2.24) is 9.80 Å². The van der Waals surface area contributed by atoms with E-state index in [1.807, 2.05) is 23.9 Å². The molecule has 6 nitrogen and oxygen atoms in total. The lowest BCUT2D eigenvalue weighted by Gasteiger charge is -2.20. The average Bonchev–Trinajstić information content (AvgIpc) is 3.05. The molecule has 2 fully saturated rings. The maximum Gasteiger partial charge on any atom is 0.323 e. The van der Waals surface area contributed by atoms with Gasteiger partial charge < -0.3 is 9.47 Å². The number of hydrogen-bond acceptors (Lipinski definition) is 6. The Bertz CT molecular complexity index is 402. The molecule has 22 heavy (non-hydrogen) atoms. The standard InChI is InChI=1S/C16H28N2O4/c1-4-5-9-21-15(19)14-10-12(11-18(14)3)22-16(20)13-7-6-8-17(13)2/h12-14H,4-11H2,1-3H3. The molecule has 2 aliphatic heterocycles. The third-order valence-corrected chi connectivity index (χ3v) is 4.60. The third kappa shape index (κ3) is 4.20. The van der Waals surface area contributed by atoms with Crippen molar-refractivity contribution >= 4 is 11.9 Å². The topological polar surface area (TPSA) is 59.1 Å². The number of ether oxygens (including phenoxy) is 2. The summed E-state index contributed by atoms with van der Waals surface area (Å²) in [4.78, 5) is 28.2. The zero-order chi connectivity index (χ0) is 16.1. The molecule has 2 saturated heterocycles. The molecule has 0 spiro atoms. The number of unbranched alkanes of at least 4 members (excludes halogenated alkanes) is 1. The highest BCUT2D eigenvalue weighted by atomic mass is 16.6. The van der Waals surface area contributed by atoms with Gasteiger partial charge in [-0.2, -0.15) is 0 Å². The van der Waals surface area contributed by atoms with Gasteiger partial charge in [-0.1, -0.05) is 13.3 Å². The summed E-state index contributed by atoms with van der Waals surface area (Å²) in [6.45, 7) is 4.06. The maximum absolute atomic E-state index is 12.2. The van der Waals surface area contributed by atoms with Gasteiger partial charge in [0.25, 0.3) is 0 Å². The highest BCUT2D eigenvalue weighted by Crippen LogP contribution is 2.23. The molecule has 0 aromatic heterocycles. The molecule has 126 valence electrons. The number of carbonyl (C=O) groups excluding carboxylic acids is 2. The summed E-state index contributed by atoms with van der Waals surface area (Å²) < 4.78 is 10.9. The molecule has 2 heterocycles. The number of rotatable bonds is 6. The zero-order valence-corrected chi connectivity index (χ0v) is 13.9.